The first-order chi connectivity index (χ1) is 10.1. The highest BCUT2D eigenvalue weighted by Gasteiger charge is 2.03. The standard InChI is InChI=1S/C13H13N5O3/c1-8-11(15-13(20)18-16-8)17-14-7-9-3-5-10(6-4-9)12(19)21-2/h3-7H,1-2H3,(H2,15,17,18,20). The molecule has 21 heavy (non-hydrogen) atoms. The van der Waals surface area contributed by atoms with Crippen LogP contribution in [-0.2, 0) is 4.74 Å². The molecular weight excluding hydrogens is 274 g/mol. The van der Waals surface area contributed by atoms with E-state index in [1.807, 2.05) is 0 Å². The Morgan fingerprint density at radius 3 is 2.76 bits per heavy atom. The lowest BCUT2D eigenvalue weighted by Gasteiger charge is -2.01. The number of aryl methyl sites for hydroxylation is 1. The summed E-state index contributed by atoms with van der Waals surface area (Å²) in [6.45, 7) is 1.69. The minimum absolute atomic E-state index is 0.279. The van der Waals surface area contributed by atoms with Gasteiger partial charge in [0.25, 0.3) is 0 Å². The molecule has 1 aromatic carbocycles. The number of H-pyrrole nitrogens is 1. The molecule has 108 valence electrons. The number of aromatic nitrogens is 3. The molecule has 0 fully saturated rings. The Morgan fingerprint density at radius 1 is 1.38 bits per heavy atom. The van der Waals surface area contributed by atoms with Gasteiger partial charge in [0, 0.05) is 0 Å². The lowest BCUT2D eigenvalue weighted by molar-refractivity contribution is 0.0600. The van der Waals surface area contributed by atoms with E-state index < -0.39 is 11.7 Å². The summed E-state index contributed by atoms with van der Waals surface area (Å²) in [7, 11) is 1.33. The SMILES string of the molecule is COC(=O)c1ccc(C=NNc2nc(=O)[nH]nc2C)cc1. The average Bonchev–Trinajstić information content (AvgIpc) is 2.50. The van der Waals surface area contributed by atoms with E-state index in [0.717, 1.165) is 5.56 Å². The summed E-state index contributed by atoms with van der Waals surface area (Å²) in [6, 6.07) is 6.69. The van der Waals surface area contributed by atoms with E-state index in [-0.39, 0.29) is 5.82 Å². The molecule has 2 aromatic rings. The highest BCUT2D eigenvalue weighted by molar-refractivity contribution is 5.90. The van der Waals surface area contributed by atoms with Crippen molar-refractivity contribution >= 4 is 18.0 Å². The molecule has 1 aromatic heterocycles. The van der Waals surface area contributed by atoms with E-state index in [4.69, 9.17) is 0 Å². The van der Waals surface area contributed by atoms with Crippen LogP contribution in [0.3, 0.4) is 0 Å². The maximum atomic E-state index is 11.3. The molecule has 0 unspecified atom stereocenters. The van der Waals surface area contributed by atoms with Crippen LogP contribution in [0.1, 0.15) is 21.6 Å². The number of aromatic amines is 1. The molecule has 1 heterocycles. The molecule has 0 aliphatic rings. The fourth-order valence-electron chi connectivity index (χ4n) is 1.49. The number of carbonyl (C=O) groups is 1. The number of nitrogens with zero attached hydrogens (tertiary/aromatic N) is 3. The lowest BCUT2D eigenvalue weighted by atomic mass is 10.1. The summed E-state index contributed by atoms with van der Waals surface area (Å²) >= 11 is 0. The predicted octanol–water partition coefficient (Wildman–Crippen LogP) is 0.706. The molecule has 8 nitrogen and oxygen atoms in total. The van der Waals surface area contributed by atoms with Gasteiger partial charge in [-0.05, 0) is 24.6 Å². The van der Waals surface area contributed by atoms with Gasteiger partial charge in [-0.1, -0.05) is 12.1 Å². The first-order valence-electron chi connectivity index (χ1n) is 6.01. The maximum Gasteiger partial charge on any atom is 0.363 e. The van der Waals surface area contributed by atoms with E-state index in [1.165, 1.54) is 13.3 Å². The molecule has 0 aliphatic heterocycles. The number of nitrogens with one attached hydrogen (secondary N) is 2. The second-order valence-electron chi connectivity index (χ2n) is 4.06. The number of hydrogen-bond donors (Lipinski definition) is 2. The highest BCUT2D eigenvalue weighted by Crippen LogP contribution is 2.05. The molecule has 2 rings (SSSR count). The van der Waals surface area contributed by atoms with Crippen LogP contribution in [0.5, 0.6) is 0 Å². The molecule has 0 bridgehead atoms. The second-order valence-corrected chi connectivity index (χ2v) is 4.06. The normalized spacial score (nSPS) is 10.6. The van der Waals surface area contributed by atoms with Gasteiger partial charge in [0.15, 0.2) is 5.82 Å². The summed E-state index contributed by atoms with van der Waals surface area (Å²) in [5.74, 6) is -0.118. The number of esters is 1. The average molecular weight is 287 g/mol. The van der Waals surface area contributed by atoms with Crippen molar-refractivity contribution in [2.45, 2.75) is 6.92 Å². The lowest BCUT2D eigenvalue weighted by Crippen LogP contribution is -2.15. The molecule has 0 amide bonds. The molecule has 8 heteroatoms. The number of ether oxygens (including phenoxy) is 1. The van der Waals surface area contributed by atoms with Gasteiger partial charge < -0.3 is 4.74 Å². The van der Waals surface area contributed by atoms with Crippen molar-refractivity contribution in [2.75, 3.05) is 12.5 Å². The molecule has 0 saturated heterocycles. The van der Waals surface area contributed by atoms with Crippen LogP contribution in [0.15, 0.2) is 34.2 Å². The molecule has 2 N–H and O–H groups in total. The van der Waals surface area contributed by atoms with Crippen LogP contribution in [0.25, 0.3) is 0 Å². The maximum absolute atomic E-state index is 11.3. The fourth-order valence-corrected chi connectivity index (χ4v) is 1.49. The fraction of sp³-hybridized carbons (Fsp3) is 0.154. The second kappa shape index (κ2) is 6.42. The summed E-state index contributed by atoms with van der Waals surface area (Å²) in [5, 5.41) is 9.94. The number of carbonyl (C=O) groups excluding carboxylic acids is 1. The zero-order chi connectivity index (χ0) is 15.2. The molecule has 0 aliphatic carbocycles. The van der Waals surface area contributed by atoms with Crippen molar-refractivity contribution in [2.24, 2.45) is 5.10 Å². The van der Waals surface area contributed by atoms with Crippen LogP contribution in [0.4, 0.5) is 5.82 Å². The number of hydrogen-bond acceptors (Lipinski definition) is 7. The van der Waals surface area contributed by atoms with Gasteiger partial charge >= 0.3 is 11.7 Å². The van der Waals surface area contributed by atoms with Crippen LogP contribution in [-0.4, -0.2) is 34.5 Å². The van der Waals surface area contributed by atoms with E-state index in [0.29, 0.717) is 11.3 Å². The third-order valence-corrected chi connectivity index (χ3v) is 2.59. The molecule has 0 saturated carbocycles. The first kappa shape index (κ1) is 14.4. The molecular formula is C13H13N5O3. The summed E-state index contributed by atoms with van der Waals surface area (Å²) in [4.78, 5) is 26.0. The van der Waals surface area contributed by atoms with Crippen LogP contribution < -0.4 is 11.1 Å². The van der Waals surface area contributed by atoms with E-state index >= 15 is 0 Å². The zero-order valence-electron chi connectivity index (χ0n) is 11.5. The van der Waals surface area contributed by atoms with Crippen molar-refractivity contribution in [1.29, 1.82) is 0 Å². The number of anilines is 1. The number of methoxy groups -OCH3 is 1. The van der Waals surface area contributed by atoms with Crippen molar-refractivity contribution in [3.63, 3.8) is 0 Å². The van der Waals surface area contributed by atoms with Crippen LogP contribution >= 0.6 is 0 Å². The van der Waals surface area contributed by atoms with Crippen LogP contribution in [0, 0.1) is 6.92 Å². The Labute approximate surface area is 119 Å². The molecule has 0 atom stereocenters. The van der Waals surface area contributed by atoms with Gasteiger partial charge in [0.2, 0.25) is 0 Å². The topological polar surface area (TPSA) is 109 Å². The number of hydrazone groups is 1. The Balaban J connectivity index is 2.06. The van der Waals surface area contributed by atoms with Crippen LogP contribution in [0.2, 0.25) is 0 Å². The first-order valence-corrected chi connectivity index (χ1v) is 6.01. The van der Waals surface area contributed by atoms with Crippen molar-refractivity contribution in [3.05, 3.63) is 51.6 Å². The Hall–Kier alpha value is -3.03. The van der Waals surface area contributed by atoms with Gasteiger partial charge in [-0.15, -0.1) is 0 Å². The molecule has 0 spiro atoms. The van der Waals surface area contributed by atoms with Gasteiger partial charge in [-0.25, -0.2) is 14.7 Å². The van der Waals surface area contributed by atoms with Gasteiger partial charge in [-0.3, -0.25) is 5.43 Å². The quantitative estimate of drug-likeness (QED) is 0.487. The predicted molar refractivity (Wildman–Crippen MR) is 76.4 cm³/mol. The number of benzene rings is 1. The smallest absolute Gasteiger partial charge is 0.363 e. The summed E-state index contributed by atoms with van der Waals surface area (Å²) in [6.07, 6.45) is 1.53. The van der Waals surface area contributed by atoms with E-state index in [9.17, 15) is 9.59 Å². The highest BCUT2D eigenvalue weighted by atomic mass is 16.5. The van der Waals surface area contributed by atoms with E-state index in [1.54, 1.807) is 31.2 Å². The van der Waals surface area contributed by atoms with Crippen molar-refractivity contribution < 1.29 is 9.53 Å². The van der Waals surface area contributed by atoms with E-state index in [2.05, 4.69) is 30.4 Å². The largest absolute Gasteiger partial charge is 0.465 e. The summed E-state index contributed by atoms with van der Waals surface area (Å²) in [5.41, 5.74) is 3.83. The third-order valence-electron chi connectivity index (χ3n) is 2.59. The van der Waals surface area contributed by atoms with Gasteiger partial charge in [-0.2, -0.15) is 15.2 Å². The Kier molecular flexibility index (Phi) is 4.39. The van der Waals surface area contributed by atoms with Crippen molar-refractivity contribution in [3.8, 4) is 0 Å². The van der Waals surface area contributed by atoms with Crippen molar-refractivity contribution in [1.82, 2.24) is 15.2 Å². The summed E-state index contributed by atoms with van der Waals surface area (Å²) < 4.78 is 4.61. The number of rotatable bonds is 4. The molecule has 0 radical (unpaired) electrons. The Morgan fingerprint density at radius 2 is 2.10 bits per heavy atom. The van der Waals surface area contributed by atoms with Gasteiger partial charge in [0.05, 0.1) is 18.9 Å². The third kappa shape index (κ3) is 3.72. The monoisotopic (exact) mass is 287 g/mol. The Bertz CT molecular complexity index is 721. The minimum atomic E-state index is -0.555. The zero-order valence-corrected chi connectivity index (χ0v) is 11.5. The van der Waals surface area contributed by atoms with Gasteiger partial charge in [0.1, 0.15) is 5.69 Å². The minimum Gasteiger partial charge on any atom is -0.465 e.